The molecule has 1 saturated heterocycles. The Labute approximate surface area is 168 Å². The van der Waals surface area contributed by atoms with Crippen molar-refractivity contribution in [3.8, 4) is 0 Å². The van der Waals surface area contributed by atoms with E-state index in [4.69, 9.17) is 0 Å². The molecule has 2 fully saturated rings. The first-order chi connectivity index (χ1) is 13.6. The van der Waals surface area contributed by atoms with E-state index in [1.54, 1.807) is 25.5 Å². The number of nitrogens with zero attached hydrogens (tertiary/aromatic N) is 6. The Morgan fingerprint density at radius 1 is 1.14 bits per heavy atom. The van der Waals surface area contributed by atoms with Gasteiger partial charge in [0.25, 0.3) is 0 Å². The van der Waals surface area contributed by atoms with E-state index in [0.717, 1.165) is 31.5 Å². The summed E-state index contributed by atoms with van der Waals surface area (Å²) in [6, 6.07) is 2.05. The highest BCUT2D eigenvalue weighted by Crippen LogP contribution is 2.33. The molecule has 3 heterocycles. The predicted molar refractivity (Wildman–Crippen MR) is 106 cm³/mol. The molecule has 2 aliphatic rings. The number of thioether (sulfide) groups is 1. The number of hydrogen-bond acceptors (Lipinski definition) is 6. The molecule has 0 spiro atoms. The molecule has 8 nitrogen and oxygen atoms in total. The first-order valence-electron chi connectivity index (χ1n) is 9.96. The van der Waals surface area contributed by atoms with Crippen molar-refractivity contribution in [2.45, 2.75) is 55.6 Å². The van der Waals surface area contributed by atoms with E-state index < -0.39 is 0 Å². The molecule has 2 aromatic heterocycles. The molecule has 1 saturated carbocycles. The van der Waals surface area contributed by atoms with Crippen molar-refractivity contribution in [3.05, 3.63) is 34.8 Å². The van der Waals surface area contributed by atoms with Gasteiger partial charge in [0.2, 0.25) is 5.91 Å². The number of piperidine rings is 1. The van der Waals surface area contributed by atoms with Gasteiger partial charge in [-0.15, -0.1) is 0 Å². The minimum Gasteiger partial charge on any atom is -0.342 e. The molecule has 0 unspecified atom stereocenters. The lowest BCUT2D eigenvalue weighted by atomic mass is 9.95. The maximum atomic E-state index is 12.6. The van der Waals surface area contributed by atoms with Crippen molar-refractivity contribution in [1.29, 1.82) is 0 Å². The van der Waals surface area contributed by atoms with Gasteiger partial charge in [0.1, 0.15) is 5.82 Å². The Bertz CT molecular complexity index is 866. The number of carbonyl (C=O) groups is 1. The maximum Gasteiger partial charge on any atom is 0.345 e. The number of aryl methyl sites for hydroxylation is 1. The number of carbonyl (C=O) groups excluding carboxylic acids is 1. The van der Waals surface area contributed by atoms with Gasteiger partial charge < -0.3 is 4.90 Å². The van der Waals surface area contributed by atoms with Gasteiger partial charge in [0.05, 0.1) is 5.75 Å². The van der Waals surface area contributed by atoms with E-state index in [1.807, 2.05) is 9.47 Å². The minimum absolute atomic E-state index is 0.000308. The van der Waals surface area contributed by atoms with Gasteiger partial charge in [0.15, 0.2) is 5.16 Å². The quantitative estimate of drug-likeness (QED) is 0.562. The molecule has 2 aromatic rings. The molecule has 4 rings (SSSR count). The highest BCUT2D eigenvalue weighted by molar-refractivity contribution is 7.99. The van der Waals surface area contributed by atoms with Crippen LogP contribution in [0.5, 0.6) is 0 Å². The fraction of sp³-hybridized carbons (Fsp3) is 0.632. The van der Waals surface area contributed by atoms with Crippen molar-refractivity contribution in [2.24, 2.45) is 7.05 Å². The summed E-state index contributed by atoms with van der Waals surface area (Å²) in [4.78, 5) is 35.3. The number of aromatic nitrogens is 5. The fourth-order valence-electron chi connectivity index (χ4n) is 4.25. The van der Waals surface area contributed by atoms with Crippen LogP contribution in [0.2, 0.25) is 0 Å². The number of hydrogen-bond donors (Lipinski definition) is 0. The van der Waals surface area contributed by atoms with E-state index in [0.29, 0.717) is 24.0 Å². The smallest absolute Gasteiger partial charge is 0.342 e. The molecule has 150 valence electrons. The molecular formula is C19H26N6O2S. The third-order valence-electron chi connectivity index (χ3n) is 5.75. The maximum absolute atomic E-state index is 12.6. The SMILES string of the molecule is Cn1nc(C2CCN(C(=O)CSc3ncccn3)CC2)n(C2CCCC2)c1=O. The van der Waals surface area contributed by atoms with Crippen LogP contribution in [0.1, 0.15) is 56.3 Å². The number of amides is 1. The molecular weight excluding hydrogens is 376 g/mol. The predicted octanol–water partition coefficient (Wildman–Crippen LogP) is 1.99. The normalized spacial score (nSPS) is 18.7. The lowest BCUT2D eigenvalue weighted by Crippen LogP contribution is -2.39. The lowest BCUT2D eigenvalue weighted by Gasteiger charge is -2.32. The summed E-state index contributed by atoms with van der Waals surface area (Å²) in [5.74, 6) is 1.62. The fourth-order valence-corrected chi connectivity index (χ4v) is 4.95. The molecule has 1 aliphatic heterocycles. The molecule has 28 heavy (non-hydrogen) atoms. The second kappa shape index (κ2) is 8.46. The van der Waals surface area contributed by atoms with E-state index in [2.05, 4.69) is 15.1 Å². The molecule has 1 amide bonds. The average Bonchev–Trinajstić information content (AvgIpc) is 3.35. The highest BCUT2D eigenvalue weighted by atomic mass is 32.2. The first kappa shape index (κ1) is 19.2. The van der Waals surface area contributed by atoms with Crippen LogP contribution >= 0.6 is 11.8 Å². The number of likely N-dealkylation sites (tertiary alicyclic amines) is 1. The average molecular weight is 403 g/mol. The van der Waals surface area contributed by atoms with Crippen LogP contribution < -0.4 is 5.69 Å². The van der Waals surface area contributed by atoms with E-state index in [1.165, 1.54) is 29.3 Å². The van der Waals surface area contributed by atoms with Crippen molar-refractivity contribution in [1.82, 2.24) is 29.2 Å². The molecule has 1 aliphatic carbocycles. The zero-order chi connectivity index (χ0) is 19.5. The van der Waals surface area contributed by atoms with E-state index in [9.17, 15) is 9.59 Å². The first-order valence-corrected chi connectivity index (χ1v) is 10.9. The largest absolute Gasteiger partial charge is 0.345 e. The van der Waals surface area contributed by atoms with Crippen LogP contribution in [0.15, 0.2) is 28.4 Å². The Kier molecular flexibility index (Phi) is 5.79. The van der Waals surface area contributed by atoms with Crippen LogP contribution in [0.3, 0.4) is 0 Å². The van der Waals surface area contributed by atoms with Crippen molar-refractivity contribution < 1.29 is 4.79 Å². The topological polar surface area (TPSA) is 85.9 Å². The van der Waals surface area contributed by atoms with Gasteiger partial charge in [-0.1, -0.05) is 24.6 Å². The molecule has 0 atom stereocenters. The van der Waals surface area contributed by atoms with Gasteiger partial charge in [-0.25, -0.2) is 19.4 Å². The van der Waals surface area contributed by atoms with Crippen LogP contribution in [0.4, 0.5) is 0 Å². The van der Waals surface area contributed by atoms with E-state index in [-0.39, 0.29) is 23.6 Å². The summed E-state index contributed by atoms with van der Waals surface area (Å²) in [6.45, 7) is 1.41. The van der Waals surface area contributed by atoms with Gasteiger partial charge in [-0.2, -0.15) is 5.10 Å². The Morgan fingerprint density at radius 2 is 1.82 bits per heavy atom. The summed E-state index contributed by atoms with van der Waals surface area (Å²) in [7, 11) is 1.73. The minimum atomic E-state index is -0.000308. The van der Waals surface area contributed by atoms with E-state index >= 15 is 0 Å². The van der Waals surface area contributed by atoms with Crippen molar-refractivity contribution >= 4 is 17.7 Å². The van der Waals surface area contributed by atoms with Crippen LogP contribution in [0.25, 0.3) is 0 Å². The second-order valence-corrected chi connectivity index (χ2v) is 8.49. The zero-order valence-electron chi connectivity index (χ0n) is 16.2. The summed E-state index contributed by atoms with van der Waals surface area (Å²) in [5.41, 5.74) is -0.000308. The Balaban J connectivity index is 1.37. The van der Waals surface area contributed by atoms with Crippen LogP contribution in [0, 0.1) is 0 Å². The van der Waals surface area contributed by atoms with Crippen molar-refractivity contribution in [3.63, 3.8) is 0 Å². The molecule has 9 heteroatoms. The van der Waals surface area contributed by atoms with Crippen LogP contribution in [-0.2, 0) is 11.8 Å². The lowest BCUT2D eigenvalue weighted by molar-refractivity contribution is -0.129. The van der Waals surface area contributed by atoms with Crippen molar-refractivity contribution in [2.75, 3.05) is 18.8 Å². The summed E-state index contributed by atoms with van der Waals surface area (Å²) in [5, 5.41) is 5.19. The summed E-state index contributed by atoms with van der Waals surface area (Å²) >= 11 is 1.37. The molecule has 0 aromatic carbocycles. The second-order valence-electron chi connectivity index (χ2n) is 7.55. The third kappa shape index (κ3) is 3.99. The van der Waals surface area contributed by atoms with Gasteiger partial charge in [0, 0.05) is 44.5 Å². The van der Waals surface area contributed by atoms with Gasteiger partial charge in [-0.05, 0) is 31.7 Å². The van der Waals surface area contributed by atoms with Gasteiger partial charge >= 0.3 is 5.69 Å². The zero-order valence-corrected chi connectivity index (χ0v) is 17.0. The highest BCUT2D eigenvalue weighted by Gasteiger charge is 2.31. The van der Waals surface area contributed by atoms with Gasteiger partial charge in [-0.3, -0.25) is 9.36 Å². The molecule has 0 radical (unpaired) electrons. The third-order valence-corrected chi connectivity index (χ3v) is 6.61. The monoisotopic (exact) mass is 402 g/mol. The molecule has 0 bridgehead atoms. The Hall–Kier alpha value is -2.16. The molecule has 0 N–H and O–H groups in total. The summed E-state index contributed by atoms with van der Waals surface area (Å²) in [6.07, 6.45) is 9.55. The number of rotatable bonds is 5. The Morgan fingerprint density at radius 3 is 2.50 bits per heavy atom. The standard InChI is InChI=1S/C19H26N6O2S/c1-23-19(27)25(15-5-2-3-6-15)17(22-23)14-7-11-24(12-8-14)16(26)13-28-18-20-9-4-10-21-18/h4,9-10,14-15H,2-3,5-8,11-13H2,1H3. The van der Waals surface area contributed by atoms with Crippen LogP contribution in [-0.4, -0.2) is 54.0 Å². The summed E-state index contributed by atoms with van der Waals surface area (Å²) < 4.78 is 3.42.